The molecule has 32 heavy (non-hydrogen) atoms. The van der Waals surface area contributed by atoms with Crippen molar-refractivity contribution < 1.29 is 27.5 Å². The maximum atomic E-state index is 12.6. The van der Waals surface area contributed by atoms with Gasteiger partial charge in [0, 0.05) is 40.8 Å². The SMILES string of the molecule is O=C(OC(=O)C(F)(F)F)c1cccc(C#Cc2ccncc2)c1-c1ccc2cc[nH]c2c1. The third-order valence-corrected chi connectivity index (χ3v) is 4.57. The van der Waals surface area contributed by atoms with Gasteiger partial charge in [-0.2, -0.15) is 13.2 Å². The lowest BCUT2D eigenvalue weighted by molar-refractivity contribution is -0.193. The number of aromatic amines is 1. The summed E-state index contributed by atoms with van der Waals surface area (Å²) in [4.78, 5) is 30.7. The molecule has 0 spiro atoms. The van der Waals surface area contributed by atoms with E-state index in [9.17, 15) is 22.8 Å². The quantitative estimate of drug-likeness (QED) is 0.277. The smallest absolute Gasteiger partial charge is 0.383 e. The Morgan fingerprint density at radius 3 is 2.50 bits per heavy atom. The van der Waals surface area contributed by atoms with Crippen molar-refractivity contribution in [2.24, 2.45) is 0 Å². The van der Waals surface area contributed by atoms with E-state index < -0.39 is 18.1 Å². The molecule has 4 aromatic rings. The van der Waals surface area contributed by atoms with Gasteiger partial charge >= 0.3 is 18.1 Å². The van der Waals surface area contributed by atoms with Crippen molar-refractivity contribution in [2.45, 2.75) is 6.18 Å². The van der Waals surface area contributed by atoms with E-state index in [-0.39, 0.29) is 11.1 Å². The topological polar surface area (TPSA) is 72.1 Å². The highest BCUT2D eigenvalue weighted by Gasteiger charge is 2.42. The average Bonchev–Trinajstić information content (AvgIpc) is 3.25. The lowest BCUT2D eigenvalue weighted by atomic mass is 9.93. The summed E-state index contributed by atoms with van der Waals surface area (Å²) in [7, 11) is 0. The molecule has 0 radical (unpaired) electrons. The Kier molecular flexibility index (Phi) is 5.48. The normalized spacial score (nSPS) is 11.0. The van der Waals surface area contributed by atoms with Crippen molar-refractivity contribution in [3.63, 3.8) is 0 Å². The first kappa shape index (κ1) is 20.9. The molecule has 0 amide bonds. The van der Waals surface area contributed by atoms with E-state index in [1.165, 1.54) is 12.1 Å². The fourth-order valence-electron chi connectivity index (χ4n) is 3.11. The van der Waals surface area contributed by atoms with Crippen LogP contribution < -0.4 is 0 Å². The maximum absolute atomic E-state index is 12.6. The molecule has 2 aromatic heterocycles. The summed E-state index contributed by atoms with van der Waals surface area (Å²) >= 11 is 0. The Balaban J connectivity index is 1.85. The van der Waals surface area contributed by atoms with Gasteiger partial charge in [-0.05, 0) is 47.3 Å². The number of nitrogens with one attached hydrogen (secondary N) is 1. The summed E-state index contributed by atoms with van der Waals surface area (Å²) < 4.78 is 41.9. The minimum Gasteiger partial charge on any atom is -0.383 e. The summed E-state index contributed by atoms with van der Waals surface area (Å²) in [5, 5.41) is 0.908. The lowest BCUT2D eigenvalue weighted by Crippen LogP contribution is -2.28. The number of pyridine rings is 1. The van der Waals surface area contributed by atoms with E-state index in [0.29, 0.717) is 16.7 Å². The molecule has 0 bridgehead atoms. The van der Waals surface area contributed by atoms with Gasteiger partial charge in [-0.25, -0.2) is 9.59 Å². The van der Waals surface area contributed by atoms with Crippen molar-refractivity contribution in [3.8, 4) is 23.0 Å². The number of hydrogen-bond acceptors (Lipinski definition) is 4. The van der Waals surface area contributed by atoms with Crippen molar-refractivity contribution in [1.82, 2.24) is 9.97 Å². The fraction of sp³-hybridized carbons (Fsp3) is 0.0417. The third-order valence-electron chi connectivity index (χ3n) is 4.57. The molecule has 1 N–H and O–H groups in total. The second-order valence-electron chi connectivity index (χ2n) is 6.67. The molecule has 0 saturated heterocycles. The summed E-state index contributed by atoms with van der Waals surface area (Å²) in [6.45, 7) is 0. The Bertz CT molecular complexity index is 1380. The number of aromatic nitrogens is 2. The van der Waals surface area contributed by atoms with Crippen LogP contribution in [0, 0.1) is 11.8 Å². The Labute approximate surface area is 179 Å². The predicted molar refractivity (Wildman–Crippen MR) is 110 cm³/mol. The monoisotopic (exact) mass is 434 g/mol. The minimum atomic E-state index is -5.29. The predicted octanol–water partition coefficient (Wildman–Crippen LogP) is 4.88. The highest BCUT2D eigenvalue weighted by Crippen LogP contribution is 2.31. The third kappa shape index (κ3) is 4.37. The summed E-state index contributed by atoms with van der Waals surface area (Å²) in [5.74, 6) is 1.89. The van der Waals surface area contributed by atoms with E-state index in [4.69, 9.17) is 0 Å². The number of H-pyrrole nitrogens is 1. The van der Waals surface area contributed by atoms with E-state index in [1.54, 1.807) is 55.0 Å². The minimum absolute atomic E-state index is 0.213. The van der Waals surface area contributed by atoms with E-state index in [1.807, 2.05) is 6.07 Å². The molecular formula is C24H13F3N2O3. The average molecular weight is 434 g/mol. The highest BCUT2D eigenvalue weighted by molar-refractivity contribution is 6.04. The zero-order valence-electron chi connectivity index (χ0n) is 16.2. The van der Waals surface area contributed by atoms with Crippen LogP contribution in [-0.4, -0.2) is 28.1 Å². The van der Waals surface area contributed by atoms with Crippen LogP contribution in [0.5, 0.6) is 0 Å². The highest BCUT2D eigenvalue weighted by atomic mass is 19.4. The van der Waals surface area contributed by atoms with Gasteiger partial charge < -0.3 is 9.72 Å². The number of rotatable bonds is 2. The number of esters is 2. The van der Waals surface area contributed by atoms with Crippen molar-refractivity contribution in [1.29, 1.82) is 0 Å². The Morgan fingerprint density at radius 2 is 1.75 bits per heavy atom. The number of ether oxygens (including phenoxy) is 1. The molecule has 0 aliphatic carbocycles. The van der Waals surface area contributed by atoms with E-state index >= 15 is 0 Å². The molecule has 4 rings (SSSR count). The van der Waals surface area contributed by atoms with E-state index in [0.717, 1.165) is 10.9 Å². The number of carbonyl (C=O) groups excluding carboxylic acids is 2. The van der Waals surface area contributed by atoms with Crippen LogP contribution in [0.4, 0.5) is 13.2 Å². The Hall–Kier alpha value is -4.38. The first-order valence-corrected chi connectivity index (χ1v) is 9.29. The van der Waals surface area contributed by atoms with E-state index in [2.05, 4.69) is 26.5 Å². The zero-order chi connectivity index (χ0) is 22.7. The number of alkyl halides is 3. The van der Waals surface area contributed by atoms with Crippen LogP contribution in [0.1, 0.15) is 21.5 Å². The molecule has 2 heterocycles. The molecule has 8 heteroatoms. The van der Waals surface area contributed by atoms with Gasteiger partial charge in [0.15, 0.2) is 0 Å². The second-order valence-corrected chi connectivity index (χ2v) is 6.67. The van der Waals surface area contributed by atoms with Crippen molar-refractivity contribution in [3.05, 3.63) is 89.9 Å². The number of nitrogens with zero attached hydrogens (tertiary/aromatic N) is 1. The van der Waals surface area contributed by atoms with Gasteiger partial charge in [-0.1, -0.05) is 30.0 Å². The van der Waals surface area contributed by atoms with Gasteiger partial charge in [0.1, 0.15) is 0 Å². The lowest BCUT2D eigenvalue weighted by Gasteiger charge is -2.12. The first-order valence-electron chi connectivity index (χ1n) is 9.29. The molecule has 5 nitrogen and oxygen atoms in total. The number of benzene rings is 2. The largest absolute Gasteiger partial charge is 0.491 e. The Morgan fingerprint density at radius 1 is 0.969 bits per heavy atom. The standard InChI is InChI=1S/C24H13F3N2O3/c25-24(26,27)23(31)32-22(30)19-3-1-2-17(5-4-15-8-11-28-12-9-15)21(19)18-7-6-16-10-13-29-20(16)14-18/h1-3,6-14,29H. The molecule has 0 atom stereocenters. The van der Waals surface area contributed by atoms with Crippen LogP contribution in [0.15, 0.2) is 73.2 Å². The summed E-state index contributed by atoms with van der Waals surface area (Å²) in [5.41, 5.74) is 2.35. The molecule has 0 aliphatic rings. The molecule has 0 unspecified atom stereocenters. The van der Waals surface area contributed by atoms with Crippen molar-refractivity contribution in [2.75, 3.05) is 0 Å². The van der Waals surface area contributed by atoms with Crippen LogP contribution in [0.2, 0.25) is 0 Å². The van der Waals surface area contributed by atoms with Crippen molar-refractivity contribution >= 4 is 22.8 Å². The van der Waals surface area contributed by atoms with Gasteiger partial charge in [0.25, 0.3) is 0 Å². The van der Waals surface area contributed by atoms with Gasteiger partial charge in [0.05, 0.1) is 5.56 Å². The molecule has 0 saturated carbocycles. The molecule has 158 valence electrons. The first-order chi connectivity index (χ1) is 15.3. The number of halogens is 3. The number of carbonyl (C=O) groups is 2. The number of hydrogen-bond donors (Lipinski definition) is 1. The molecule has 2 aromatic carbocycles. The van der Waals surface area contributed by atoms with Crippen LogP contribution in [-0.2, 0) is 9.53 Å². The van der Waals surface area contributed by atoms with Crippen LogP contribution in [0.3, 0.4) is 0 Å². The second kappa shape index (κ2) is 8.40. The molecule has 0 fully saturated rings. The van der Waals surface area contributed by atoms with Crippen LogP contribution in [0.25, 0.3) is 22.0 Å². The van der Waals surface area contributed by atoms with Crippen LogP contribution >= 0.6 is 0 Å². The van der Waals surface area contributed by atoms with Gasteiger partial charge in [-0.15, -0.1) is 0 Å². The zero-order valence-corrected chi connectivity index (χ0v) is 16.2. The van der Waals surface area contributed by atoms with Gasteiger partial charge in [0.2, 0.25) is 0 Å². The summed E-state index contributed by atoms with van der Waals surface area (Å²) in [6.07, 6.45) is -0.417. The number of fused-ring (bicyclic) bond motifs is 1. The van der Waals surface area contributed by atoms with Gasteiger partial charge in [-0.3, -0.25) is 4.98 Å². The molecule has 0 aliphatic heterocycles. The summed E-state index contributed by atoms with van der Waals surface area (Å²) in [6, 6.07) is 14.9. The molecular weight excluding hydrogens is 421 g/mol. The fourth-order valence-corrected chi connectivity index (χ4v) is 3.11. The maximum Gasteiger partial charge on any atom is 0.491 e.